The number of fused-ring (bicyclic) bond motifs is 2. The molecule has 8 nitrogen and oxygen atoms in total. The minimum Gasteiger partial charge on any atom is -0.485 e. The molecule has 0 radical (unpaired) electrons. The Hall–Kier alpha value is -3.07. The summed E-state index contributed by atoms with van der Waals surface area (Å²) in [5.74, 6) is -0.830. The van der Waals surface area contributed by atoms with E-state index in [1.165, 1.54) is 18.3 Å². The summed E-state index contributed by atoms with van der Waals surface area (Å²) in [6.45, 7) is 1.45. The SMILES string of the molecule is C[C@H](OC(=O)[C@@H]1COc2ccccc2O1)C(=O)Nc1sc2c(c1C(N)=O)CCC2. The quantitative estimate of drug-likeness (QED) is 0.721. The van der Waals surface area contributed by atoms with Gasteiger partial charge >= 0.3 is 5.97 Å². The molecule has 1 aliphatic carbocycles. The van der Waals surface area contributed by atoms with Gasteiger partial charge in [0.1, 0.15) is 11.6 Å². The second kappa shape index (κ2) is 7.75. The molecule has 1 aromatic carbocycles. The fraction of sp³-hybridized carbons (Fsp3) is 0.350. The molecule has 1 aliphatic heterocycles. The monoisotopic (exact) mass is 416 g/mol. The van der Waals surface area contributed by atoms with Crippen LogP contribution in [0.1, 0.15) is 34.1 Å². The maximum absolute atomic E-state index is 12.5. The molecule has 2 heterocycles. The number of primary amides is 1. The number of amides is 2. The normalized spacial score (nSPS) is 17.9. The molecule has 3 N–H and O–H groups in total. The number of ether oxygens (including phenoxy) is 3. The molecule has 2 amide bonds. The lowest BCUT2D eigenvalue weighted by Crippen LogP contribution is -2.41. The van der Waals surface area contributed by atoms with E-state index in [-0.39, 0.29) is 6.61 Å². The lowest BCUT2D eigenvalue weighted by atomic mass is 10.1. The van der Waals surface area contributed by atoms with Crippen LogP contribution in [0.3, 0.4) is 0 Å². The van der Waals surface area contributed by atoms with Crippen molar-refractivity contribution in [3.63, 3.8) is 0 Å². The number of benzene rings is 1. The summed E-state index contributed by atoms with van der Waals surface area (Å²) >= 11 is 1.34. The van der Waals surface area contributed by atoms with Crippen molar-refractivity contribution in [1.29, 1.82) is 0 Å². The first kappa shape index (κ1) is 19.3. The van der Waals surface area contributed by atoms with Crippen molar-refractivity contribution in [1.82, 2.24) is 0 Å². The van der Waals surface area contributed by atoms with Gasteiger partial charge in [0, 0.05) is 4.88 Å². The van der Waals surface area contributed by atoms with Crippen molar-refractivity contribution in [3.05, 3.63) is 40.3 Å². The maximum atomic E-state index is 12.5. The van der Waals surface area contributed by atoms with Gasteiger partial charge < -0.3 is 25.3 Å². The average Bonchev–Trinajstić information content (AvgIpc) is 3.27. The fourth-order valence-electron chi connectivity index (χ4n) is 3.41. The van der Waals surface area contributed by atoms with Gasteiger partial charge in [0.05, 0.1) is 5.56 Å². The van der Waals surface area contributed by atoms with Gasteiger partial charge in [-0.1, -0.05) is 12.1 Å². The number of nitrogens with two attached hydrogens (primary N) is 1. The first-order valence-electron chi connectivity index (χ1n) is 9.28. The minimum atomic E-state index is -1.08. The highest BCUT2D eigenvalue weighted by molar-refractivity contribution is 7.17. The first-order valence-corrected chi connectivity index (χ1v) is 10.1. The van der Waals surface area contributed by atoms with Crippen LogP contribution in [0, 0.1) is 0 Å². The number of aryl methyl sites for hydroxylation is 1. The van der Waals surface area contributed by atoms with Gasteiger partial charge in [0.25, 0.3) is 11.8 Å². The smallest absolute Gasteiger partial charge is 0.351 e. The molecule has 0 spiro atoms. The van der Waals surface area contributed by atoms with Gasteiger partial charge in [-0.15, -0.1) is 11.3 Å². The molecule has 0 fully saturated rings. The molecule has 9 heteroatoms. The Morgan fingerprint density at radius 1 is 1.24 bits per heavy atom. The Morgan fingerprint density at radius 2 is 2.00 bits per heavy atom. The van der Waals surface area contributed by atoms with Crippen LogP contribution in [-0.4, -0.2) is 36.6 Å². The standard InChI is InChI=1S/C20H20N2O6S/c1-10(27-20(25)14-9-26-12-6-2-3-7-13(12)28-14)18(24)22-19-16(17(21)23)11-5-4-8-15(11)29-19/h2-3,6-7,10,14H,4-5,8-9H2,1H3,(H2,21,23)(H,22,24)/t10-,14-/m0/s1. The minimum absolute atomic E-state index is 0.00630. The van der Waals surface area contributed by atoms with E-state index in [2.05, 4.69) is 5.32 Å². The van der Waals surface area contributed by atoms with Crippen molar-refractivity contribution in [2.24, 2.45) is 5.73 Å². The second-order valence-corrected chi connectivity index (χ2v) is 7.96. The zero-order valence-electron chi connectivity index (χ0n) is 15.7. The van der Waals surface area contributed by atoms with E-state index in [1.807, 2.05) is 0 Å². The highest BCUT2D eigenvalue weighted by Gasteiger charge is 2.32. The van der Waals surface area contributed by atoms with Gasteiger partial charge in [-0.25, -0.2) is 4.79 Å². The zero-order chi connectivity index (χ0) is 20.5. The van der Waals surface area contributed by atoms with E-state index in [0.717, 1.165) is 29.7 Å². The van der Waals surface area contributed by atoms with Crippen LogP contribution in [-0.2, 0) is 27.2 Å². The highest BCUT2D eigenvalue weighted by atomic mass is 32.1. The fourth-order valence-corrected chi connectivity index (χ4v) is 4.70. The van der Waals surface area contributed by atoms with Gasteiger partial charge in [-0.3, -0.25) is 9.59 Å². The third-order valence-corrected chi connectivity index (χ3v) is 6.05. The van der Waals surface area contributed by atoms with E-state index >= 15 is 0 Å². The predicted octanol–water partition coefficient (Wildman–Crippen LogP) is 2.05. The third-order valence-electron chi connectivity index (χ3n) is 4.84. The Balaban J connectivity index is 1.39. The summed E-state index contributed by atoms with van der Waals surface area (Å²) < 4.78 is 16.3. The number of carbonyl (C=O) groups is 3. The molecule has 2 aliphatic rings. The van der Waals surface area contributed by atoms with Crippen LogP contribution in [0.25, 0.3) is 0 Å². The molecule has 0 saturated carbocycles. The van der Waals surface area contributed by atoms with E-state index in [0.29, 0.717) is 22.1 Å². The molecule has 2 atom stereocenters. The van der Waals surface area contributed by atoms with Crippen LogP contribution in [0.2, 0.25) is 0 Å². The number of carbonyl (C=O) groups excluding carboxylic acids is 3. The summed E-state index contributed by atoms with van der Waals surface area (Å²) in [6, 6.07) is 6.99. The van der Waals surface area contributed by atoms with Crippen molar-refractivity contribution in [2.45, 2.75) is 38.4 Å². The van der Waals surface area contributed by atoms with Gasteiger partial charge in [0.15, 0.2) is 17.6 Å². The Labute approximate surface area is 170 Å². The predicted molar refractivity (Wildman–Crippen MR) is 105 cm³/mol. The lowest BCUT2D eigenvalue weighted by Gasteiger charge is -2.25. The Kier molecular flexibility index (Phi) is 5.14. The van der Waals surface area contributed by atoms with Gasteiger partial charge in [-0.05, 0) is 43.9 Å². The molecular weight excluding hydrogens is 396 g/mol. The largest absolute Gasteiger partial charge is 0.485 e. The number of esters is 1. The van der Waals surface area contributed by atoms with Crippen LogP contribution in [0.5, 0.6) is 11.5 Å². The number of hydrogen-bond acceptors (Lipinski definition) is 7. The van der Waals surface area contributed by atoms with Crippen LogP contribution >= 0.6 is 11.3 Å². The third kappa shape index (κ3) is 3.77. The van der Waals surface area contributed by atoms with Crippen LogP contribution < -0.4 is 20.5 Å². The Bertz CT molecular complexity index is 985. The topological polar surface area (TPSA) is 117 Å². The number of para-hydroxylation sites is 2. The van der Waals surface area contributed by atoms with Crippen LogP contribution in [0.15, 0.2) is 24.3 Å². The molecule has 1 aromatic heterocycles. The summed E-state index contributed by atoms with van der Waals surface area (Å²) in [5.41, 5.74) is 6.77. The molecule has 0 saturated heterocycles. The van der Waals surface area contributed by atoms with E-state index in [1.54, 1.807) is 24.3 Å². The van der Waals surface area contributed by atoms with E-state index < -0.39 is 30.0 Å². The van der Waals surface area contributed by atoms with E-state index in [4.69, 9.17) is 19.9 Å². The molecule has 0 unspecified atom stereocenters. The summed E-state index contributed by atoms with van der Waals surface area (Å²) in [6.07, 6.45) is 0.551. The number of hydrogen-bond donors (Lipinski definition) is 2. The molecule has 0 bridgehead atoms. The van der Waals surface area contributed by atoms with Crippen molar-refractivity contribution in [3.8, 4) is 11.5 Å². The summed E-state index contributed by atoms with van der Waals surface area (Å²) in [7, 11) is 0. The number of nitrogens with one attached hydrogen (secondary N) is 1. The number of rotatable bonds is 5. The summed E-state index contributed by atoms with van der Waals surface area (Å²) in [5, 5.41) is 3.08. The first-order chi connectivity index (χ1) is 13.9. The van der Waals surface area contributed by atoms with Crippen LogP contribution in [0.4, 0.5) is 5.00 Å². The lowest BCUT2D eigenvalue weighted by molar-refractivity contribution is -0.162. The molecule has 29 heavy (non-hydrogen) atoms. The second-order valence-electron chi connectivity index (χ2n) is 6.86. The van der Waals surface area contributed by atoms with E-state index in [9.17, 15) is 14.4 Å². The van der Waals surface area contributed by atoms with Crippen molar-refractivity contribution >= 4 is 34.1 Å². The molecule has 152 valence electrons. The number of thiophene rings is 1. The maximum Gasteiger partial charge on any atom is 0.351 e. The summed E-state index contributed by atoms with van der Waals surface area (Å²) in [4.78, 5) is 37.8. The zero-order valence-corrected chi connectivity index (χ0v) is 16.5. The molecular formula is C20H20N2O6S. The van der Waals surface area contributed by atoms with Gasteiger partial charge in [-0.2, -0.15) is 0 Å². The number of anilines is 1. The average molecular weight is 416 g/mol. The highest BCUT2D eigenvalue weighted by Crippen LogP contribution is 2.39. The Morgan fingerprint density at radius 3 is 2.76 bits per heavy atom. The van der Waals surface area contributed by atoms with Crippen molar-refractivity contribution < 1.29 is 28.6 Å². The van der Waals surface area contributed by atoms with Crippen molar-refractivity contribution in [2.75, 3.05) is 11.9 Å². The molecule has 4 rings (SSSR count). The van der Waals surface area contributed by atoms with Gasteiger partial charge in [0.2, 0.25) is 6.10 Å². The molecule has 2 aromatic rings.